The van der Waals surface area contributed by atoms with Crippen LogP contribution < -0.4 is 0 Å². The van der Waals surface area contributed by atoms with Gasteiger partial charge in [-0.3, -0.25) is 4.79 Å². The van der Waals surface area contributed by atoms with Crippen LogP contribution in [0.1, 0.15) is 27.2 Å². The van der Waals surface area contributed by atoms with E-state index in [0.717, 1.165) is 0 Å². The molecule has 1 aliphatic rings. The van der Waals surface area contributed by atoms with Crippen molar-refractivity contribution in [3.8, 4) is 0 Å². The predicted octanol–water partition coefficient (Wildman–Crippen LogP) is 2.88. The summed E-state index contributed by atoms with van der Waals surface area (Å²) < 4.78 is 11.4. The average molecular weight is 242 g/mol. The lowest BCUT2D eigenvalue weighted by Crippen LogP contribution is -2.43. The van der Waals surface area contributed by atoms with Crippen molar-refractivity contribution in [2.45, 2.75) is 51.4 Å². The minimum atomic E-state index is -1.73. The summed E-state index contributed by atoms with van der Waals surface area (Å²) in [6.07, 6.45) is 3.28. The number of ketones is 1. The van der Waals surface area contributed by atoms with Crippen LogP contribution in [0.2, 0.25) is 18.1 Å². The smallest absolute Gasteiger partial charge is 0.192 e. The summed E-state index contributed by atoms with van der Waals surface area (Å²) in [6.45, 7) is 11.5. The van der Waals surface area contributed by atoms with E-state index in [9.17, 15) is 4.79 Å². The molecule has 0 aromatic carbocycles. The molecule has 0 fully saturated rings. The van der Waals surface area contributed by atoms with Crippen LogP contribution in [-0.4, -0.2) is 26.8 Å². The molecular formula is C12H22O3Si. The largest absolute Gasteiger partial charge is 0.495 e. The summed E-state index contributed by atoms with van der Waals surface area (Å²) in [7, 11) is -1.73. The lowest BCUT2D eigenvalue weighted by Gasteiger charge is -2.37. The molecule has 1 aliphatic heterocycles. The molecule has 1 atom stereocenters. The maximum atomic E-state index is 11.2. The summed E-state index contributed by atoms with van der Waals surface area (Å²) in [5, 5.41) is 0.196. The summed E-state index contributed by atoms with van der Waals surface area (Å²) in [4.78, 5) is 11.2. The quantitative estimate of drug-likeness (QED) is 0.714. The minimum Gasteiger partial charge on any atom is -0.495 e. The van der Waals surface area contributed by atoms with Gasteiger partial charge in [-0.15, -0.1) is 0 Å². The van der Waals surface area contributed by atoms with E-state index in [2.05, 4.69) is 33.9 Å². The van der Waals surface area contributed by atoms with Crippen molar-refractivity contribution < 1.29 is 14.0 Å². The van der Waals surface area contributed by atoms with Gasteiger partial charge in [-0.25, -0.2) is 0 Å². The highest BCUT2D eigenvalue weighted by atomic mass is 28.4. The average Bonchev–Trinajstić information content (AvgIpc) is 2.13. The number of hydrogen-bond donors (Lipinski definition) is 0. The van der Waals surface area contributed by atoms with Crippen molar-refractivity contribution in [3.63, 3.8) is 0 Å². The lowest BCUT2D eigenvalue weighted by atomic mass is 10.1. The number of carbonyl (C=O) groups is 1. The third-order valence-electron chi connectivity index (χ3n) is 3.39. The molecule has 1 heterocycles. The van der Waals surface area contributed by atoms with Gasteiger partial charge in [-0.2, -0.15) is 0 Å². The molecule has 1 rings (SSSR count). The number of allylic oxidation sites excluding steroid dienone is 1. The summed E-state index contributed by atoms with van der Waals surface area (Å²) >= 11 is 0. The fraction of sp³-hybridized carbons (Fsp3) is 0.750. The Hall–Kier alpha value is -0.613. The molecule has 92 valence electrons. The number of carbonyl (C=O) groups excluding carboxylic acids is 1. The van der Waals surface area contributed by atoms with Crippen LogP contribution in [0.3, 0.4) is 0 Å². The Morgan fingerprint density at radius 1 is 1.50 bits per heavy atom. The van der Waals surface area contributed by atoms with Crippen LogP contribution in [0, 0.1) is 0 Å². The second-order valence-corrected chi connectivity index (χ2v) is 10.6. The Morgan fingerprint density at radius 3 is 2.62 bits per heavy atom. The fourth-order valence-corrected chi connectivity index (χ4v) is 2.22. The number of hydrogen-bond acceptors (Lipinski definition) is 3. The Labute approximate surface area is 99.0 Å². The SMILES string of the molecule is CC(C)(C)[Si](C)(C)OC[C@H]1CC(=O)C=CO1. The number of rotatable bonds is 3. The first-order valence-electron chi connectivity index (χ1n) is 5.71. The molecule has 0 aliphatic carbocycles. The molecule has 16 heavy (non-hydrogen) atoms. The van der Waals surface area contributed by atoms with Crippen molar-refractivity contribution in [1.82, 2.24) is 0 Å². The van der Waals surface area contributed by atoms with E-state index in [0.29, 0.717) is 13.0 Å². The number of ether oxygens (including phenoxy) is 1. The summed E-state index contributed by atoms with van der Waals surface area (Å²) in [5.74, 6) is 0.120. The van der Waals surface area contributed by atoms with E-state index in [1.807, 2.05) is 0 Å². The van der Waals surface area contributed by atoms with Gasteiger partial charge in [0.2, 0.25) is 0 Å². The first kappa shape index (κ1) is 13.5. The van der Waals surface area contributed by atoms with Crippen molar-refractivity contribution in [2.24, 2.45) is 0 Å². The maximum absolute atomic E-state index is 11.2. The second kappa shape index (κ2) is 4.71. The zero-order valence-electron chi connectivity index (χ0n) is 10.9. The zero-order chi connectivity index (χ0) is 12.4. The highest BCUT2D eigenvalue weighted by molar-refractivity contribution is 6.74. The first-order valence-corrected chi connectivity index (χ1v) is 8.62. The molecule has 0 saturated carbocycles. The van der Waals surface area contributed by atoms with E-state index in [-0.39, 0.29) is 16.9 Å². The molecule has 4 heteroatoms. The topological polar surface area (TPSA) is 35.5 Å². The predicted molar refractivity (Wildman–Crippen MR) is 66.8 cm³/mol. The Balaban J connectivity index is 2.46. The van der Waals surface area contributed by atoms with Crippen LogP contribution in [0.5, 0.6) is 0 Å². The molecule has 0 saturated heterocycles. The molecule has 3 nitrogen and oxygen atoms in total. The van der Waals surface area contributed by atoms with Crippen molar-refractivity contribution in [3.05, 3.63) is 12.3 Å². The summed E-state index contributed by atoms with van der Waals surface area (Å²) in [6, 6.07) is 0. The zero-order valence-corrected chi connectivity index (χ0v) is 11.9. The van der Waals surface area contributed by atoms with E-state index >= 15 is 0 Å². The molecule has 0 N–H and O–H groups in total. The molecule has 0 amide bonds. The van der Waals surface area contributed by atoms with Crippen molar-refractivity contribution in [1.29, 1.82) is 0 Å². The molecule has 0 aromatic rings. The van der Waals surface area contributed by atoms with Gasteiger partial charge in [0.1, 0.15) is 6.10 Å². The Morgan fingerprint density at radius 2 is 2.12 bits per heavy atom. The molecular weight excluding hydrogens is 220 g/mol. The minimum absolute atomic E-state index is 0.105. The van der Waals surface area contributed by atoms with Gasteiger partial charge in [0, 0.05) is 12.5 Å². The van der Waals surface area contributed by atoms with Gasteiger partial charge >= 0.3 is 0 Å². The molecule has 0 radical (unpaired) electrons. The van der Waals surface area contributed by atoms with Crippen LogP contribution in [0.15, 0.2) is 12.3 Å². The highest BCUT2D eigenvalue weighted by Gasteiger charge is 2.37. The maximum Gasteiger partial charge on any atom is 0.192 e. The third kappa shape index (κ3) is 3.45. The van der Waals surface area contributed by atoms with Crippen LogP contribution in [0.4, 0.5) is 0 Å². The molecule has 0 bridgehead atoms. The standard InChI is InChI=1S/C12H22O3Si/c1-12(2,3)16(4,5)15-9-11-8-10(13)6-7-14-11/h6-7,11H,8-9H2,1-5H3/t11-/m1/s1. The van der Waals surface area contributed by atoms with Gasteiger partial charge in [0.25, 0.3) is 0 Å². The fourth-order valence-electron chi connectivity index (χ4n) is 1.18. The van der Waals surface area contributed by atoms with E-state index < -0.39 is 8.32 Å². The Bertz CT molecular complexity index is 289. The van der Waals surface area contributed by atoms with Gasteiger partial charge in [0.15, 0.2) is 14.1 Å². The second-order valence-electron chi connectivity index (χ2n) is 5.80. The normalized spacial score (nSPS) is 22.1. The lowest BCUT2D eigenvalue weighted by molar-refractivity contribution is -0.118. The van der Waals surface area contributed by atoms with Crippen LogP contribution in [0.25, 0.3) is 0 Å². The van der Waals surface area contributed by atoms with Gasteiger partial charge in [-0.1, -0.05) is 20.8 Å². The monoisotopic (exact) mass is 242 g/mol. The molecule has 0 unspecified atom stereocenters. The van der Waals surface area contributed by atoms with E-state index in [4.69, 9.17) is 9.16 Å². The van der Waals surface area contributed by atoms with Gasteiger partial charge < -0.3 is 9.16 Å². The first-order chi connectivity index (χ1) is 7.22. The summed E-state index contributed by atoms with van der Waals surface area (Å²) in [5.41, 5.74) is 0. The molecule has 0 spiro atoms. The van der Waals surface area contributed by atoms with E-state index in [1.165, 1.54) is 12.3 Å². The third-order valence-corrected chi connectivity index (χ3v) is 7.89. The van der Waals surface area contributed by atoms with Crippen LogP contribution in [-0.2, 0) is 14.0 Å². The van der Waals surface area contributed by atoms with Crippen LogP contribution >= 0.6 is 0 Å². The van der Waals surface area contributed by atoms with Crippen molar-refractivity contribution in [2.75, 3.05) is 6.61 Å². The highest BCUT2D eigenvalue weighted by Crippen LogP contribution is 2.36. The Kier molecular flexibility index (Phi) is 3.96. The van der Waals surface area contributed by atoms with E-state index in [1.54, 1.807) is 0 Å². The van der Waals surface area contributed by atoms with Gasteiger partial charge in [0.05, 0.1) is 12.9 Å². The van der Waals surface area contributed by atoms with Crippen molar-refractivity contribution >= 4 is 14.1 Å². The molecule has 0 aromatic heterocycles. The van der Waals surface area contributed by atoms with Gasteiger partial charge in [-0.05, 0) is 18.1 Å².